The molecular formula is C17H15N3O3. The Morgan fingerprint density at radius 2 is 2.09 bits per heavy atom. The molecule has 0 radical (unpaired) electrons. The summed E-state index contributed by atoms with van der Waals surface area (Å²) in [6.07, 6.45) is 8.20. The lowest BCUT2D eigenvalue weighted by molar-refractivity contribution is -0.128. The van der Waals surface area contributed by atoms with E-state index in [1.165, 1.54) is 6.08 Å². The number of carbonyl (C=O) groups excluding carboxylic acids is 3. The number of nitrogens with zero attached hydrogens (tertiary/aromatic N) is 1. The molecule has 1 aliphatic rings. The molecule has 2 N–H and O–H groups in total. The quantitative estimate of drug-likeness (QED) is 0.646. The number of nitrogens with one attached hydrogen (secondary N) is 2. The number of amides is 3. The molecule has 0 bridgehead atoms. The Kier molecular flexibility index (Phi) is 5.05. The van der Waals surface area contributed by atoms with Crippen LogP contribution in [0.25, 0.3) is 0 Å². The Labute approximate surface area is 133 Å². The SMILES string of the molecule is C#CCNC(=O)c1ccccc1NC(=O)C1C=CC(C)=NC1=O. The van der Waals surface area contributed by atoms with Crippen molar-refractivity contribution in [2.45, 2.75) is 6.92 Å². The zero-order valence-corrected chi connectivity index (χ0v) is 12.5. The van der Waals surface area contributed by atoms with Gasteiger partial charge in [-0.15, -0.1) is 6.42 Å². The van der Waals surface area contributed by atoms with E-state index in [1.54, 1.807) is 37.3 Å². The maximum Gasteiger partial charge on any atom is 0.262 e. The molecule has 1 heterocycles. The van der Waals surface area contributed by atoms with Crippen LogP contribution in [0.2, 0.25) is 0 Å². The van der Waals surface area contributed by atoms with E-state index in [0.29, 0.717) is 11.4 Å². The zero-order valence-electron chi connectivity index (χ0n) is 12.5. The van der Waals surface area contributed by atoms with Gasteiger partial charge in [0.2, 0.25) is 5.91 Å². The number of para-hydroxylation sites is 1. The van der Waals surface area contributed by atoms with Crippen molar-refractivity contribution in [2.24, 2.45) is 10.9 Å². The number of benzene rings is 1. The number of allylic oxidation sites excluding steroid dienone is 1. The van der Waals surface area contributed by atoms with Crippen LogP contribution in [0.4, 0.5) is 5.69 Å². The summed E-state index contributed by atoms with van der Waals surface area (Å²) in [5, 5.41) is 5.12. The molecule has 6 nitrogen and oxygen atoms in total. The summed E-state index contributed by atoms with van der Waals surface area (Å²) < 4.78 is 0. The summed E-state index contributed by atoms with van der Waals surface area (Å²) in [5.74, 6) is -0.174. The first-order valence-electron chi connectivity index (χ1n) is 6.92. The Bertz CT molecular complexity index is 757. The van der Waals surface area contributed by atoms with E-state index in [2.05, 4.69) is 21.5 Å². The van der Waals surface area contributed by atoms with Crippen molar-refractivity contribution in [3.8, 4) is 12.3 Å². The van der Waals surface area contributed by atoms with Crippen LogP contribution < -0.4 is 10.6 Å². The average Bonchev–Trinajstić information content (AvgIpc) is 2.53. The van der Waals surface area contributed by atoms with Gasteiger partial charge >= 0.3 is 0 Å². The third-order valence-corrected chi connectivity index (χ3v) is 3.15. The van der Waals surface area contributed by atoms with Crippen molar-refractivity contribution in [3.05, 3.63) is 42.0 Å². The molecule has 0 saturated heterocycles. The van der Waals surface area contributed by atoms with Gasteiger partial charge < -0.3 is 10.6 Å². The first kappa shape index (κ1) is 16.2. The van der Waals surface area contributed by atoms with Crippen molar-refractivity contribution in [1.82, 2.24) is 5.32 Å². The maximum absolute atomic E-state index is 12.3. The molecule has 1 unspecified atom stereocenters. The highest BCUT2D eigenvalue weighted by atomic mass is 16.2. The second kappa shape index (κ2) is 7.18. The van der Waals surface area contributed by atoms with Crippen LogP contribution in [0.15, 0.2) is 41.4 Å². The highest BCUT2D eigenvalue weighted by Gasteiger charge is 2.26. The van der Waals surface area contributed by atoms with E-state index >= 15 is 0 Å². The van der Waals surface area contributed by atoms with Crippen molar-refractivity contribution >= 4 is 29.1 Å². The van der Waals surface area contributed by atoms with E-state index in [1.807, 2.05) is 0 Å². The Morgan fingerprint density at radius 1 is 1.35 bits per heavy atom. The molecule has 1 atom stereocenters. The molecule has 0 saturated carbocycles. The lowest BCUT2D eigenvalue weighted by Gasteiger charge is -2.15. The number of terminal acetylenes is 1. The van der Waals surface area contributed by atoms with Crippen LogP contribution in [0, 0.1) is 18.3 Å². The van der Waals surface area contributed by atoms with Gasteiger partial charge in [0, 0.05) is 5.71 Å². The smallest absolute Gasteiger partial charge is 0.262 e. The lowest BCUT2D eigenvalue weighted by atomic mass is 10.0. The minimum atomic E-state index is -1.000. The number of aliphatic imine (C=N–C) groups is 1. The predicted octanol–water partition coefficient (Wildman–Crippen LogP) is 1.16. The first-order valence-corrected chi connectivity index (χ1v) is 6.92. The molecule has 2 rings (SSSR count). The van der Waals surface area contributed by atoms with E-state index in [9.17, 15) is 14.4 Å². The normalized spacial score (nSPS) is 16.3. The van der Waals surface area contributed by atoms with Crippen molar-refractivity contribution in [2.75, 3.05) is 11.9 Å². The van der Waals surface area contributed by atoms with Gasteiger partial charge in [-0.1, -0.05) is 24.1 Å². The topological polar surface area (TPSA) is 87.6 Å². The highest BCUT2D eigenvalue weighted by molar-refractivity contribution is 6.16. The van der Waals surface area contributed by atoms with Gasteiger partial charge in [-0.3, -0.25) is 14.4 Å². The number of anilines is 1. The van der Waals surface area contributed by atoms with Crippen LogP contribution >= 0.6 is 0 Å². The molecule has 1 aromatic rings. The Morgan fingerprint density at radius 3 is 2.78 bits per heavy atom. The number of dihydropyridines is 1. The van der Waals surface area contributed by atoms with Gasteiger partial charge in [0.15, 0.2) is 0 Å². The molecule has 6 heteroatoms. The van der Waals surface area contributed by atoms with E-state index in [-0.39, 0.29) is 12.1 Å². The number of hydrogen-bond acceptors (Lipinski definition) is 3. The molecular weight excluding hydrogens is 294 g/mol. The summed E-state index contributed by atoms with van der Waals surface area (Å²) in [5.41, 5.74) is 1.12. The molecule has 1 aliphatic heterocycles. The highest BCUT2D eigenvalue weighted by Crippen LogP contribution is 2.18. The maximum atomic E-state index is 12.3. The molecule has 1 aromatic carbocycles. The summed E-state index contributed by atoms with van der Waals surface area (Å²) in [7, 11) is 0. The Balaban J connectivity index is 2.16. The standard InChI is InChI=1S/C17H15N3O3/c1-3-10-18-15(21)12-6-4-5-7-14(12)20-17(23)13-9-8-11(2)19-16(13)22/h1,4-9,13H,10H2,2H3,(H,18,21)(H,20,23). The van der Waals surface area contributed by atoms with Gasteiger partial charge in [-0.2, -0.15) is 0 Å². The summed E-state index contributed by atoms with van der Waals surface area (Å²) in [6, 6.07) is 6.48. The minimum absolute atomic E-state index is 0.0823. The number of hydrogen-bond donors (Lipinski definition) is 2. The zero-order chi connectivity index (χ0) is 16.8. The van der Waals surface area contributed by atoms with Crippen molar-refractivity contribution in [3.63, 3.8) is 0 Å². The van der Waals surface area contributed by atoms with Crippen LogP contribution in [0.3, 0.4) is 0 Å². The summed E-state index contributed by atoms with van der Waals surface area (Å²) in [6.45, 7) is 1.76. The van der Waals surface area contributed by atoms with Crippen LogP contribution in [-0.4, -0.2) is 30.0 Å². The minimum Gasteiger partial charge on any atom is -0.341 e. The summed E-state index contributed by atoms with van der Waals surface area (Å²) in [4.78, 5) is 39.8. The van der Waals surface area contributed by atoms with Crippen molar-refractivity contribution in [1.29, 1.82) is 0 Å². The van der Waals surface area contributed by atoms with Gasteiger partial charge in [-0.25, -0.2) is 4.99 Å². The lowest BCUT2D eigenvalue weighted by Crippen LogP contribution is -2.31. The van der Waals surface area contributed by atoms with E-state index in [4.69, 9.17) is 6.42 Å². The molecule has 0 aliphatic carbocycles. The largest absolute Gasteiger partial charge is 0.341 e. The molecule has 0 spiro atoms. The number of rotatable bonds is 4. The average molecular weight is 309 g/mol. The summed E-state index contributed by atoms with van der Waals surface area (Å²) >= 11 is 0. The van der Waals surface area contributed by atoms with Crippen LogP contribution in [0.1, 0.15) is 17.3 Å². The second-order valence-electron chi connectivity index (χ2n) is 4.85. The first-order chi connectivity index (χ1) is 11.0. The van der Waals surface area contributed by atoms with Crippen molar-refractivity contribution < 1.29 is 14.4 Å². The molecule has 3 amide bonds. The van der Waals surface area contributed by atoms with E-state index < -0.39 is 23.6 Å². The molecule has 116 valence electrons. The van der Waals surface area contributed by atoms with Gasteiger partial charge in [0.05, 0.1) is 17.8 Å². The fraction of sp³-hybridized carbons (Fsp3) is 0.176. The fourth-order valence-electron chi connectivity index (χ4n) is 2.03. The van der Waals surface area contributed by atoms with Gasteiger partial charge in [0.25, 0.3) is 11.8 Å². The van der Waals surface area contributed by atoms with Gasteiger partial charge in [-0.05, 0) is 25.1 Å². The van der Waals surface area contributed by atoms with E-state index in [0.717, 1.165) is 0 Å². The Hall–Kier alpha value is -3.20. The fourth-order valence-corrected chi connectivity index (χ4v) is 2.03. The monoisotopic (exact) mass is 309 g/mol. The third kappa shape index (κ3) is 3.92. The van der Waals surface area contributed by atoms with Crippen LogP contribution in [-0.2, 0) is 9.59 Å². The molecule has 0 aromatic heterocycles. The third-order valence-electron chi connectivity index (χ3n) is 3.15. The van der Waals surface area contributed by atoms with Crippen LogP contribution in [0.5, 0.6) is 0 Å². The number of carbonyl (C=O) groups is 3. The molecule has 0 fully saturated rings. The van der Waals surface area contributed by atoms with Gasteiger partial charge in [0.1, 0.15) is 5.92 Å². The second-order valence-corrected chi connectivity index (χ2v) is 4.85. The molecule has 23 heavy (non-hydrogen) atoms. The predicted molar refractivity (Wildman–Crippen MR) is 87.0 cm³/mol.